The number of aryl methyl sites for hydroxylation is 1. The van der Waals surface area contributed by atoms with Gasteiger partial charge in [-0.3, -0.25) is 14.4 Å². The van der Waals surface area contributed by atoms with Gasteiger partial charge in [-0.1, -0.05) is 54.1 Å². The zero-order valence-corrected chi connectivity index (χ0v) is 24.9. The number of hydrogen-bond acceptors (Lipinski definition) is 5. The SMILES string of the molecule is COc1ccccc1/C=C(\NC(=O)c1ccccc1)C(=O)Nc1ccc(SC(C)C(=O)Nc2cc(Cl)ccc2C)cc1. The normalized spacial score (nSPS) is 11.8. The second-order valence-corrected chi connectivity index (χ2v) is 11.2. The van der Waals surface area contributed by atoms with Gasteiger partial charge in [0, 0.05) is 32.4 Å². The van der Waals surface area contributed by atoms with E-state index in [9.17, 15) is 14.4 Å². The Balaban J connectivity index is 1.46. The molecule has 1 atom stereocenters. The molecule has 42 heavy (non-hydrogen) atoms. The molecule has 9 heteroatoms. The molecule has 4 rings (SSSR count). The fourth-order valence-electron chi connectivity index (χ4n) is 3.92. The lowest BCUT2D eigenvalue weighted by atomic mass is 10.1. The number of para-hydroxylation sites is 1. The van der Waals surface area contributed by atoms with Crippen LogP contribution in [0.3, 0.4) is 0 Å². The topological polar surface area (TPSA) is 96.5 Å². The largest absolute Gasteiger partial charge is 0.496 e. The van der Waals surface area contributed by atoms with Crippen molar-refractivity contribution in [3.63, 3.8) is 0 Å². The molecule has 0 saturated carbocycles. The van der Waals surface area contributed by atoms with E-state index in [1.165, 1.54) is 18.9 Å². The fraction of sp³-hybridized carbons (Fsp3) is 0.121. The molecule has 0 radical (unpaired) electrons. The Bertz CT molecular complexity index is 1610. The van der Waals surface area contributed by atoms with Gasteiger partial charge in [0.25, 0.3) is 11.8 Å². The lowest BCUT2D eigenvalue weighted by Crippen LogP contribution is -2.30. The summed E-state index contributed by atoms with van der Waals surface area (Å²) >= 11 is 7.46. The van der Waals surface area contributed by atoms with E-state index < -0.39 is 11.8 Å². The number of amides is 3. The summed E-state index contributed by atoms with van der Waals surface area (Å²) in [6.45, 7) is 3.72. The van der Waals surface area contributed by atoms with Crippen LogP contribution in [0.2, 0.25) is 5.02 Å². The van der Waals surface area contributed by atoms with E-state index in [4.69, 9.17) is 16.3 Å². The van der Waals surface area contributed by atoms with Gasteiger partial charge in [-0.2, -0.15) is 0 Å². The maximum atomic E-state index is 13.4. The molecule has 0 aromatic heterocycles. The number of thioether (sulfide) groups is 1. The highest BCUT2D eigenvalue weighted by molar-refractivity contribution is 8.00. The van der Waals surface area contributed by atoms with Crippen molar-refractivity contribution < 1.29 is 19.1 Å². The van der Waals surface area contributed by atoms with Crippen LogP contribution in [-0.2, 0) is 9.59 Å². The summed E-state index contributed by atoms with van der Waals surface area (Å²) in [5.74, 6) is -0.515. The Morgan fingerprint density at radius 2 is 1.57 bits per heavy atom. The van der Waals surface area contributed by atoms with E-state index in [-0.39, 0.29) is 16.9 Å². The van der Waals surface area contributed by atoms with Crippen LogP contribution in [-0.4, -0.2) is 30.1 Å². The summed E-state index contributed by atoms with van der Waals surface area (Å²) in [4.78, 5) is 39.9. The second kappa shape index (κ2) is 14.4. The molecule has 0 spiro atoms. The van der Waals surface area contributed by atoms with Crippen molar-refractivity contribution in [3.8, 4) is 5.75 Å². The highest BCUT2D eigenvalue weighted by Crippen LogP contribution is 2.27. The standard InChI is InChI=1S/C33H30ClN3O4S/c1-21-13-14-25(34)20-28(21)36-31(38)22(2)42-27-17-15-26(16-18-27)35-33(40)29(19-24-11-7-8-12-30(24)41-3)37-32(39)23-9-5-4-6-10-23/h4-20,22H,1-3H3,(H,35,40)(H,36,38)(H,37,39)/b29-19-. The van der Waals surface area contributed by atoms with Crippen LogP contribution in [0.15, 0.2) is 108 Å². The zero-order valence-electron chi connectivity index (χ0n) is 23.3. The summed E-state index contributed by atoms with van der Waals surface area (Å²) < 4.78 is 5.41. The molecule has 1 unspecified atom stereocenters. The molecule has 3 amide bonds. The average molecular weight is 600 g/mol. The molecule has 0 aliphatic carbocycles. The van der Waals surface area contributed by atoms with Gasteiger partial charge in [0.2, 0.25) is 5.91 Å². The number of hydrogen-bond donors (Lipinski definition) is 3. The summed E-state index contributed by atoms with van der Waals surface area (Å²) in [6, 6.07) is 28.3. The van der Waals surface area contributed by atoms with Crippen molar-refractivity contribution >= 4 is 58.5 Å². The van der Waals surface area contributed by atoms with Crippen molar-refractivity contribution in [2.24, 2.45) is 0 Å². The number of benzene rings is 4. The molecule has 0 aliphatic rings. The van der Waals surface area contributed by atoms with Crippen molar-refractivity contribution in [2.75, 3.05) is 17.7 Å². The van der Waals surface area contributed by atoms with Crippen LogP contribution in [0.5, 0.6) is 5.75 Å². The number of methoxy groups -OCH3 is 1. The number of carbonyl (C=O) groups excluding carboxylic acids is 3. The van der Waals surface area contributed by atoms with E-state index in [0.717, 1.165) is 10.5 Å². The highest BCUT2D eigenvalue weighted by atomic mass is 35.5. The van der Waals surface area contributed by atoms with Crippen LogP contribution < -0.4 is 20.7 Å². The van der Waals surface area contributed by atoms with Crippen LogP contribution in [0, 0.1) is 6.92 Å². The molecule has 4 aromatic carbocycles. The number of halogens is 1. The Labute approximate surface area is 254 Å². The predicted molar refractivity (Wildman–Crippen MR) is 170 cm³/mol. The molecule has 214 valence electrons. The maximum Gasteiger partial charge on any atom is 0.272 e. The van der Waals surface area contributed by atoms with Crippen LogP contribution in [0.1, 0.15) is 28.4 Å². The number of ether oxygens (including phenoxy) is 1. The zero-order chi connectivity index (χ0) is 30.1. The van der Waals surface area contributed by atoms with E-state index in [1.807, 2.05) is 50.2 Å². The maximum absolute atomic E-state index is 13.4. The fourth-order valence-corrected chi connectivity index (χ4v) is 4.96. The minimum absolute atomic E-state index is 0.0495. The van der Waals surface area contributed by atoms with Gasteiger partial charge in [-0.25, -0.2) is 0 Å². The first-order chi connectivity index (χ1) is 20.2. The Morgan fingerprint density at radius 1 is 0.881 bits per heavy atom. The van der Waals surface area contributed by atoms with Gasteiger partial charge in [0.15, 0.2) is 0 Å². The Kier molecular flexibility index (Phi) is 10.4. The van der Waals surface area contributed by atoms with Gasteiger partial charge < -0.3 is 20.7 Å². The summed E-state index contributed by atoms with van der Waals surface area (Å²) in [6.07, 6.45) is 1.57. The molecule has 4 aromatic rings. The molecule has 0 bridgehead atoms. The third-order valence-electron chi connectivity index (χ3n) is 6.22. The first kappa shape index (κ1) is 30.4. The summed E-state index contributed by atoms with van der Waals surface area (Å²) in [7, 11) is 1.54. The quantitative estimate of drug-likeness (QED) is 0.132. The monoisotopic (exact) mass is 599 g/mol. The third-order valence-corrected chi connectivity index (χ3v) is 7.57. The first-order valence-electron chi connectivity index (χ1n) is 13.1. The van der Waals surface area contributed by atoms with E-state index in [0.29, 0.717) is 33.3 Å². The Morgan fingerprint density at radius 3 is 2.29 bits per heavy atom. The first-order valence-corrected chi connectivity index (χ1v) is 14.4. The summed E-state index contributed by atoms with van der Waals surface area (Å²) in [5, 5.41) is 8.66. The molecule has 0 aliphatic heterocycles. The van der Waals surface area contributed by atoms with Crippen LogP contribution in [0.4, 0.5) is 11.4 Å². The van der Waals surface area contributed by atoms with Crippen LogP contribution in [0.25, 0.3) is 6.08 Å². The number of anilines is 2. The van der Waals surface area contributed by atoms with Gasteiger partial charge in [0.05, 0.1) is 12.4 Å². The molecule has 0 heterocycles. The van der Waals surface area contributed by atoms with Crippen LogP contribution >= 0.6 is 23.4 Å². The van der Waals surface area contributed by atoms with Gasteiger partial charge >= 0.3 is 0 Å². The Hall–Kier alpha value is -4.53. The molecule has 0 fully saturated rings. The lowest BCUT2D eigenvalue weighted by Gasteiger charge is -2.15. The molecule has 3 N–H and O–H groups in total. The van der Waals surface area contributed by atoms with E-state index in [2.05, 4.69) is 16.0 Å². The van der Waals surface area contributed by atoms with Gasteiger partial charge in [-0.05, 0) is 80.1 Å². The minimum atomic E-state index is -0.504. The highest BCUT2D eigenvalue weighted by Gasteiger charge is 2.18. The van der Waals surface area contributed by atoms with E-state index in [1.54, 1.807) is 66.7 Å². The van der Waals surface area contributed by atoms with Crippen molar-refractivity contribution in [1.82, 2.24) is 5.32 Å². The van der Waals surface area contributed by atoms with Crippen molar-refractivity contribution in [2.45, 2.75) is 24.0 Å². The van der Waals surface area contributed by atoms with Crippen molar-refractivity contribution in [1.29, 1.82) is 0 Å². The van der Waals surface area contributed by atoms with Crippen molar-refractivity contribution in [3.05, 3.63) is 124 Å². The van der Waals surface area contributed by atoms with Gasteiger partial charge in [-0.15, -0.1) is 11.8 Å². The average Bonchev–Trinajstić information content (AvgIpc) is 3.00. The van der Waals surface area contributed by atoms with E-state index >= 15 is 0 Å². The molecule has 7 nitrogen and oxygen atoms in total. The number of carbonyl (C=O) groups is 3. The number of rotatable bonds is 10. The molecular weight excluding hydrogens is 570 g/mol. The number of nitrogens with one attached hydrogen (secondary N) is 3. The minimum Gasteiger partial charge on any atom is -0.496 e. The molecule has 0 saturated heterocycles. The van der Waals surface area contributed by atoms with Gasteiger partial charge in [0.1, 0.15) is 11.4 Å². The summed E-state index contributed by atoms with van der Waals surface area (Å²) in [5.41, 5.74) is 3.22. The smallest absolute Gasteiger partial charge is 0.272 e. The third kappa shape index (κ3) is 8.25. The lowest BCUT2D eigenvalue weighted by molar-refractivity contribution is -0.115. The molecular formula is C33H30ClN3O4S. The predicted octanol–water partition coefficient (Wildman–Crippen LogP) is 7.19. The second-order valence-electron chi connectivity index (χ2n) is 9.31.